The fourth-order valence-electron chi connectivity index (χ4n) is 0.516. The van der Waals surface area contributed by atoms with Crippen molar-refractivity contribution in [2.24, 2.45) is 0 Å². The fourth-order valence-corrected chi connectivity index (χ4v) is 0.516. The highest BCUT2D eigenvalue weighted by atomic mass is 16.7. The third-order valence-corrected chi connectivity index (χ3v) is 1.30. The van der Waals surface area contributed by atoms with E-state index in [2.05, 4.69) is 20.8 Å². The van der Waals surface area contributed by atoms with Crippen LogP contribution < -0.4 is 0 Å². The van der Waals surface area contributed by atoms with Gasteiger partial charge in [-0.15, -0.1) is 0 Å². The Kier molecular flexibility index (Phi) is 6.27. The quantitative estimate of drug-likeness (QED) is 0.383. The van der Waals surface area contributed by atoms with Gasteiger partial charge in [-0.1, -0.05) is 6.58 Å². The monoisotopic (exact) mass is 228 g/mol. The van der Waals surface area contributed by atoms with Gasteiger partial charge in [0.05, 0.1) is 7.11 Å². The van der Waals surface area contributed by atoms with Gasteiger partial charge in [0.2, 0.25) is 6.79 Å². The zero-order valence-corrected chi connectivity index (χ0v) is 9.02. The van der Waals surface area contributed by atoms with Crippen LogP contribution in [0.3, 0.4) is 0 Å². The predicted octanol–water partition coefficient (Wildman–Crippen LogP) is 0.336. The first-order valence-corrected chi connectivity index (χ1v) is 4.22. The van der Waals surface area contributed by atoms with E-state index in [1.54, 1.807) is 0 Å². The van der Waals surface area contributed by atoms with Crippen LogP contribution in [0.15, 0.2) is 24.3 Å². The van der Waals surface area contributed by atoms with Gasteiger partial charge in [-0.3, -0.25) is 0 Å². The molecule has 6 nitrogen and oxygen atoms in total. The Hall–Kier alpha value is -2.11. The number of carbonyl (C=O) groups excluding carboxylic acids is 3. The first kappa shape index (κ1) is 13.9. The molecule has 0 unspecified atom stereocenters. The average molecular weight is 228 g/mol. The Morgan fingerprint density at radius 3 is 2.19 bits per heavy atom. The van der Waals surface area contributed by atoms with Crippen LogP contribution in [-0.4, -0.2) is 31.8 Å². The average Bonchev–Trinajstić information content (AvgIpc) is 2.25. The van der Waals surface area contributed by atoms with E-state index in [9.17, 15) is 14.4 Å². The minimum Gasteiger partial charge on any atom is -0.466 e. The van der Waals surface area contributed by atoms with E-state index in [0.717, 1.165) is 12.2 Å². The SMILES string of the molecule is C=C(C)C(=O)OCOC(=O)/C=C\C(=O)OC. The number of ether oxygens (including phenoxy) is 3. The van der Waals surface area contributed by atoms with Crippen LogP contribution in [0.2, 0.25) is 0 Å². The van der Waals surface area contributed by atoms with Crippen LogP contribution in [0.4, 0.5) is 0 Å². The Bertz CT molecular complexity index is 328. The number of esters is 3. The molecule has 0 aliphatic rings. The molecule has 0 saturated heterocycles. The molecular formula is C10H12O6. The van der Waals surface area contributed by atoms with Gasteiger partial charge in [0.25, 0.3) is 0 Å². The summed E-state index contributed by atoms with van der Waals surface area (Å²) in [6.45, 7) is 4.26. The molecule has 16 heavy (non-hydrogen) atoms. The van der Waals surface area contributed by atoms with Crippen LogP contribution in [0.25, 0.3) is 0 Å². The third-order valence-electron chi connectivity index (χ3n) is 1.30. The van der Waals surface area contributed by atoms with Crippen molar-refractivity contribution >= 4 is 17.9 Å². The van der Waals surface area contributed by atoms with Crippen molar-refractivity contribution in [3.63, 3.8) is 0 Å². The zero-order valence-electron chi connectivity index (χ0n) is 9.02. The molecule has 88 valence electrons. The summed E-state index contributed by atoms with van der Waals surface area (Å²) in [7, 11) is 1.17. The highest BCUT2D eigenvalue weighted by Crippen LogP contribution is 1.92. The molecule has 0 atom stereocenters. The molecule has 0 aliphatic carbocycles. The molecule has 0 spiro atoms. The molecule has 0 aromatic rings. The molecule has 0 saturated carbocycles. The molecule has 0 aliphatic heterocycles. The lowest BCUT2D eigenvalue weighted by atomic mass is 10.4. The summed E-state index contributed by atoms with van der Waals surface area (Å²) < 4.78 is 13.2. The summed E-state index contributed by atoms with van der Waals surface area (Å²) in [6, 6.07) is 0. The molecule has 0 aromatic carbocycles. The molecule has 0 heterocycles. The summed E-state index contributed by atoms with van der Waals surface area (Å²) in [6.07, 6.45) is 1.75. The number of methoxy groups -OCH3 is 1. The maximum Gasteiger partial charge on any atom is 0.335 e. The normalized spacial score (nSPS) is 9.62. The molecule has 0 rings (SSSR count). The van der Waals surface area contributed by atoms with Crippen molar-refractivity contribution in [2.45, 2.75) is 6.92 Å². The second-order valence-electron chi connectivity index (χ2n) is 2.65. The van der Waals surface area contributed by atoms with Crippen molar-refractivity contribution in [3.05, 3.63) is 24.3 Å². The van der Waals surface area contributed by atoms with Gasteiger partial charge in [0.1, 0.15) is 0 Å². The summed E-state index contributed by atoms with van der Waals surface area (Å²) in [4.78, 5) is 32.3. The van der Waals surface area contributed by atoms with Crippen LogP contribution >= 0.6 is 0 Å². The topological polar surface area (TPSA) is 78.9 Å². The van der Waals surface area contributed by atoms with Crippen molar-refractivity contribution in [3.8, 4) is 0 Å². The Labute approximate surface area is 92.5 Å². The Morgan fingerprint density at radius 1 is 1.12 bits per heavy atom. The summed E-state index contributed by atoms with van der Waals surface area (Å²) >= 11 is 0. The molecule has 0 aromatic heterocycles. The first-order valence-electron chi connectivity index (χ1n) is 4.22. The smallest absolute Gasteiger partial charge is 0.335 e. The minimum absolute atomic E-state index is 0.196. The van der Waals surface area contributed by atoms with E-state index in [1.165, 1.54) is 14.0 Å². The summed E-state index contributed by atoms with van der Waals surface area (Å²) in [5, 5.41) is 0. The Balaban J connectivity index is 3.83. The first-order chi connectivity index (χ1) is 7.47. The van der Waals surface area contributed by atoms with E-state index in [-0.39, 0.29) is 5.57 Å². The van der Waals surface area contributed by atoms with Gasteiger partial charge in [-0.05, 0) is 6.92 Å². The van der Waals surface area contributed by atoms with Gasteiger partial charge >= 0.3 is 17.9 Å². The van der Waals surface area contributed by atoms with E-state index in [1.807, 2.05) is 0 Å². The maximum absolute atomic E-state index is 10.9. The van der Waals surface area contributed by atoms with Gasteiger partial charge in [0.15, 0.2) is 0 Å². The van der Waals surface area contributed by atoms with Crippen LogP contribution in [0.1, 0.15) is 6.92 Å². The lowest BCUT2D eigenvalue weighted by Gasteiger charge is -2.03. The molecule has 6 heteroatoms. The molecule has 0 bridgehead atoms. The number of hydrogen-bond acceptors (Lipinski definition) is 6. The molecule has 0 N–H and O–H groups in total. The molecule has 0 radical (unpaired) electrons. The maximum atomic E-state index is 10.9. The van der Waals surface area contributed by atoms with Crippen LogP contribution in [0, 0.1) is 0 Å². The Morgan fingerprint density at radius 2 is 1.69 bits per heavy atom. The van der Waals surface area contributed by atoms with Crippen molar-refractivity contribution in [2.75, 3.05) is 13.9 Å². The lowest BCUT2D eigenvalue weighted by molar-refractivity contribution is -0.161. The third kappa shape index (κ3) is 6.36. The highest BCUT2D eigenvalue weighted by molar-refractivity contribution is 5.91. The van der Waals surface area contributed by atoms with Gasteiger partial charge in [0, 0.05) is 17.7 Å². The lowest BCUT2D eigenvalue weighted by Crippen LogP contribution is -2.11. The molecular weight excluding hydrogens is 216 g/mol. The van der Waals surface area contributed by atoms with Crippen molar-refractivity contribution < 1.29 is 28.6 Å². The largest absolute Gasteiger partial charge is 0.466 e. The highest BCUT2D eigenvalue weighted by Gasteiger charge is 2.04. The van der Waals surface area contributed by atoms with E-state index in [4.69, 9.17) is 0 Å². The minimum atomic E-state index is -0.820. The molecule has 0 amide bonds. The fraction of sp³-hybridized carbons (Fsp3) is 0.300. The van der Waals surface area contributed by atoms with Gasteiger partial charge in [-0.25, -0.2) is 14.4 Å². The van der Waals surface area contributed by atoms with Crippen molar-refractivity contribution in [1.29, 1.82) is 0 Å². The van der Waals surface area contributed by atoms with Crippen LogP contribution in [0.5, 0.6) is 0 Å². The summed E-state index contributed by atoms with van der Waals surface area (Å²) in [5.74, 6) is -2.17. The summed E-state index contributed by atoms with van der Waals surface area (Å²) in [5.41, 5.74) is 0.196. The van der Waals surface area contributed by atoms with Gasteiger partial charge in [-0.2, -0.15) is 0 Å². The molecule has 0 fully saturated rings. The van der Waals surface area contributed by atoms with Gasteiger partial charge < -0.3 is 14.2 Å². The van der Waals surface area contributed by atoms with Crippen molar-refractivity contribution in [1.82, 2.24) is 0 Å². The standard InChI is InChI=1S/C10H12O6/c1-7(2)10(13)16-6-15-9(12)5-4-8(11)14-3/h4-5H,1,6H2,2-3H3/b5-4-. The van der Waals surface area contributed by atoms with E-state index in [0.29, 0.717) is 0 Å². The second-order valence-corrected chi connectivity index (χ2v) is 2.65. The van der Waals surface area contributed by atoms with E-state index >= 15 is 0 Å². The number of rotatable bonds is 5. The predicted molar refractivity (Wildman–Crippen MR) is 53.0 cm³/mol. The number of carbonyl (C=O) groups is 3. The second kappa shape index (κ2) is 7.22. The van der Waals surface area contributed by atoms with Crippen LogP contribution in [-0.2, 0) is 28.6 Å². The zero-order chi connectivity index (χ0) is 12.6. The van der Waals surface area contributed by atoms with E-state index < -0.39 is 24.7 Å². The number of hydrogen-bond donors (Lipinski definition) is 0.